The maximum absolute atomic E-state index is 12.3. The summed E-state index contributed by atoms with van der Waals surface area (Å²) in [5.41, 5.74) is 3.86. The Morgan fingerprint density at radius 1 is 0.900 bits per heavy atom. The van der Waals surface area contributed by atoms with Gasteiger partial charge in [0.2, 0.25) is 11.8 Å². The molecule has 160 valence electrons. The maximum atomic E-state index is 12.3. The lowest BCUT2D eigenvalue weighted by Gasteiger charge is -2.32. The molecule has 2 N–H and O–H groups in total. The summed E-state index contributed by atoms with van der Waals surface area (Å²) in [6.45, 7) is 6.77. The summed E-state index contributed by atoms with van der Waals surface area (Å²) in [6, 6.07) is 15.6. The Morgan fingerprint density at radius 3 is 1.87 bits per heavy atom. The van der Waals surface area contributed by atoms with E-state index in [1.807, 2.05) is 43.3 Å². The van der Waals surface area contributed by atoms with Crippen LogP contribution in [-0.2, 0) is 9.59 Å². The van der Waals surface area contributed by atoms with Crippen LogP contribution < -0.4 is 15.5 Å². The number of nitrogens with one attached hydrogen (secondary N) is 2. The van der Waals surface area contributed by atoms with Gasteiger partial charge >= 0.3 is 0 Å². The Labute approximate surface area is 179 Å². The number of nitrogens with zero attached hydrogens (tertiary/aromatic N) is 2. The highest BCUT2D eigenvalue weighted by atomic mass is 16.2. The summed E-state index contributed by atoms with van der Waals surface area (Å²) in [4.78, 5) is 28.6. The van der Waals surface area contributed by atoms with E-state index in [0.29, 0.717) is 0 Å². The molecule has 1 aliphatic rings. The van der Waals surface area contributed by atoms with Crippen LogP contribution in [0.2, 0.25) is 0 Å². The molecule has 2 aromatic carbocycles. The van der Waals surface area contributed by atoms with Crippen LogP contribution >= 0.6 is 0 Å². The monoisotopic (exact) mass is 408 g/mol. The highest BCUT2D eigenvalue weighted by Crippen LogP contribution is 2.24. The predicted molar refractivity (Wildman–Crippen MR) is 123 cm³/mol. The Hall–Kier alpha value is -2.86. The number of amides is 2. The van der Waals surface area contributed by atoms with Crippen LogP contribution in [0.15, 0.2) is 48.5 Å². The predicted octanol–water partition coefficient (Wildman–Crippen LogP) is 3.74. The first-order valence-electron chi connectivity index (χ1n) is 10.6. The summed E-state index contributed by atoms with van der Waals surface area (Å²) in [5.74, 6) is 0.519. The number of carbonyl (C=O) groups excluding carboxylic acids is 2. The lowest BCUT2D eigenvalue weighted by atomic mass is 9.99. The molecule has 1 fully saturated rings. The van der Waals surface area contributed by atoms with Crippen molar-refractivity contribution in [1.82, 2.24) is 4.90 Å². The van der Waals surface area contributed by atoms with E-state index in [1.54, 1.807) is 11.9 Å². The van der Waals surface area contributed by atoms with E-state index >= 15 is 0 Å². The quantitative estimate of drug-likeness (QED) is 0.733. The lowest BCUT2D eigenvalue weighted by molar-refractivity contribution is -0.119. The molecule has 1 aliphatic heterocycles. The molecule has 0 saturated carbocycles. The van der Waals surface area contributed by atoms with Gasteiger partial charge in [-0.3, -0.25) is 14.5 Å². The third-order valence-electron chi connectivity index (χ3n) is 5.46. The number of piperidine rings is 1. The minimum absolute atomic E-state index is 0.139. The van der Waals surface area contributed by atoms with Crippen molar-refractivity contribution in [2.45, 2.75) is 26.7 Å². The molecular weight excluding hydrogens is 376 g/mol. The van der Waals surface area contributed by atoms with E-state index < -0.39 is 0 Å². The van der Waals surface area contributed by atoms with Crippen molar-refractivity contribution in [3.63, 3.8) is 0 Å². The largest absolute Gasteiger partial charge is 0.372 e. The SMILES string of the molecule is Cc1ccc(NC(=O)CN(C)CC(=O)Nc2ccc(N3CCC(C)CC3)cc2)cc1. The molecule has 1 heterocycles. The van der Waals surface area contributed by atoms with Gasteiger partial charge in [-0.1, -0.05) is 24.6 Å². The van der Waals surface area contributed by atoms with Crippen molar-refractivity contribution >= 4 is 28.9 Å². The molecule has 2 amide bonds. The summed E-state index contributed by atoms with van der Waals surface area (Å²) < 4.78 is 0. The molecule has 30 heavy (non-hydrogen) atoms. The molecule has 6 nitrogen and oxygen atoms in total. The van der Waals surface area contributed by atoms with Crippen LogP contribution in [0, 0.1) is 12.8 Å². The van der Waals surface area contributed by atoms with E-state index in [9.17, 15) is 9.59 Å². The van der Waals surface area contributed by atoms with Crippen molar-refractivity contribution in [2.24, 2.45) is 5.92 Å². The van der Waals surface area contributed by atoms with Gasteiger partial charge in [0.1, 0.15) is 0 Å². The molecule has 0 atom stereocenters. The molecular formula is C24H32N4O2. The van der Waals surface area contributed by atoms with Crippen molar-refractivity contribution < 1.29 is 9.59 Å². The Kier molecular flexibility index (Phi) is 7.46. The zero-order valence-corrected chi connectivity index (χ0v) is 18.1. The van der Waals surface area contributed by atoms with Crippen LogP contribution in [-0.4, -0.2) is 49.9 Å². The Balaban J connectivity index is 1.43. The molecule has 6 heteroatoms. The van der Waals surface area contributed by atoms with Gasteiger partial charge in [-0.15, -0.1) is 0 Å². The zero-order chi connectivity index (χ0) is 21.5. The summed E-state index contributed by atoms with van der Waals surface area (Å²) in [5, 5.41) is 5.75. The first-order valence-corrected chi connectivity index (χ1v) is 10.6. The number of anilines is 3. The molecule has 2 aromatic rings. The van der Waals surface area contributed by atoms with E-state index in [-0.39, 0.29) is 24.9 Å². The van der Waals surface area contributed by atoms with Crippen molar-refractivity contribution in [1.29, 1.82) is 0 Å². The normalized spacial score (nSPS) is 14.6. The smallest absolute Gasteiger partial charge is 0.238 e. The van der Waals surface area contributed by atoms with Gasteiger partial charge in [0.15, 0.2) is 0 Å². The van der Waals surface area contributed by atoms with Crippen LogP contribution in [0.25, 0.3) is 0 Å². The van der Waals surface area contributed by atoms with Crippen LogP contribution in [0.4, 0.5) is 17.1 Å². The molecule has 0 spiro atoms. The van der Waals surface area contributed by atoms with Gasteiger partial charge in [-0.25, -0.2) is 0 Å². The van der Waals surface area contributed by atoms with E-state index in [2.05, 4.69) is 34.6 Å². The second-order valence-corrected chi connectivity index (χ2v) is 8.35. The molecule has 0 unspecified atom stereocenters. The van der Waals surface area contributed by atoms with E-state index in [0.717, 1.165) is 35.9 Å². The molecule has 1 saturated heterocycles. The third-order valence-corrected chi connectivity index (χ3v) is 5.46. The fraction of sp³-hybridized carbons (Fsp3) is 0.417. The first kappa shape index (κ1) is 21.8. The van der Waals surface area contributed by atoms with Gasteiger partial charge in [0, 0.05) is 30.2 Å². The first-order chi connectivity index (χ1) is 14.4. The van der Waals surface area contributed by atoms with Crippen LogP contribution in [0.3, 0.4) is 0 Å². The van der Waals surface area contributed by atoms with E-state index in [1.165, 1.54) is 18.5 Å². The van der Waals surface area contributed by atoms with Gasteiger partial charge in [0.05, 0.1) is 13.1 Å². The summed E-state index contributed by atoms with van der Waals surface area (Å²) in [6.07, 6.45) is 2.45. The standard InChI is InChI=1S/C24H32N4O2/c1-18-4-6-20(7-5-18)25-23(29)16-27(3)17-24(30)26-21-8-10-22(11-9-21)28-14-12-19(2)13-15-28/h4-11,19H,12-17H2,1-3H3,(H,25,29)(H,26,30). The number of hydrogen-bond acceptors (Lipinski definition) is 4. The number of benzene rings is 2. The number of hydrogen-bond donors (Lipinski definition) is 2. The Morgan fingerprint density at radius 2 is 1.37 bits per heavy atom. The zero-order valence-electron chi connectivity index (χ0n) is 18.1. The minimum atomic E-state index is -0.144. The van der Waals surface area contributed by atoms with E-state index in [4.69, 9.17) is 0 Å². The number of rotatable bonds is 7. The summed E-state index contributed by atoms with van der Waals surface area (Å²) in [7, 11) is 1.76. The fourth-order valence-electron chi connectivity index (χ4n) is 3.61. The van der Waals surface area contributed by atoms with Gasteiger partial charge in [0.25, 0.3) is 0 Å². The number of carbonyl (C=O) groups is 2. The molecule has 0 aromatic heterocycles. The highest BCUT2D eigenvalue weighted by molar-refractivity contribution is 5.94. The highest BCUT2D eigenvalue weighted by Gasteiger charge is 2.16. The second kappa shape index (κ2) is 10.3. The minimum Gasteiger partial charge on any atom is -0.372 e. The third kappa shape index (κ3) is 6.59. The molecule has 0 radical (unpaired) electrons. The van der Waals surface area contributed by atoms with Crippen LogP contribution in [0.1, 0.15) is 25.3 Å². The lowest BCUT2D eigenvalue weighted by Crippen LogP contribution is -2.36. The molecule has 0 aliphatic carbocycles. The maximum Gasteiger partial charge on any atom is 0.238 e. The Bertz CT molecular complexity index is 841. The van der Waals surface area contributed by atoms with Gasteiger partial charge < -0.3 is 15.5 Å². The van der Waals surface area contributed by atoms with Gasteiger partial charge in [-0.2, -0.15) is 0 Å². The summed E-state index contributed by atoms with van der Waals surface area (Å²) >= 11 is 0. The van der Waals surface area contributed by atoms with Crippen LogP contribution in [0.5, 0.6) is 0 Å². The average molecular weight is 409 g/mol. The molecule has 0 bridgehead atoms. The van der Waals surface area contributed by atoms with Crippen molar-refractivity contribution in [2.75, 3.05) is 48.8 Å². The van der Waals surface area contributed by atoms with Crippen molar-refractivity contribution in [3.05, 3.63) is 54.1 Å². The number of aryl methyl sites for hydroxylation is 1. The van der Waals surface area contributed by atoms with Gasteiger partial charge in [-0.05, 0) is 69.1 Å². The topological polar surface area (TPSA) is 64.7 Å². The average Bonchev–Trinajstić information content (AvgIpc) is 2.70. The molecule has 3 rings (SSSR count). The fourth-order valence-corrected chi connectivity index (χ4v) is 3.61. The number of likely N-dealkylation sites (N-methyl/N-ethyl adjacent to an activating group) is 1. The second-order valence-electron chi connectivity index (χ2n) is 8.35. The van der Waals surface area contributed by atoms with Crippen molar-refractivity contribution in [3.8, 4) is 0 Å².